The van der Waals surface area contributed by atoms with E-state index in [1.165, 1.54) is 11.3 Å². The average Bonchev–Trinajstić information content (AvgIpc) is 3.31. The lowest BCUT2D eigenvalue weighted by Crippen LogP contribution is -2.10. The van der Waals surface area contributed by atoms with E-state index in [0.29, 0.717) is 22.9 Å². The maximum Gasteiger partial charge on any atom is 0.256 e. The third kappa shape index (κ3) is 4.36. The Balaban J connectivity index is 1.57. The second-order valence-electron chi connectivity index (χ2n) is 6.62. The van der Waals surface area contributed by atoms with E-state index in [0.717, 1.165) is 29.1 Å². The van der Waals surface area contributed by atoms with Gasteiger partial charge in [-0.3, -0.25) is 4.79 Å². The molecule has 0 spiro atoms. The molecule has 1 aromatic carbocycles. The molecular formula is C23H20N4O2S. The highest BCUT2D eigenvalue weighted by Crippen LogP contribution is 2.32. The Hall–Kier alpha value is -3.58. The average molecular weight is 417 g/mol. The van der Waals surface area contributed by atoms with E-state index in [4.69, 9.17) is 4.74 Å². The van der Waals surface area contributed by atoms with Gasteiger partial charge in [0.2, 0.25) is 5.88 Å². The van der Waals surface area contributed by atoms with Gasteiger partial charge in [0, 0.05) is 29.9 Å². The maximum absolute atomic E-state index is 12.3. The molecule has 0 radical (unpaired) electrons. The minimum absolute atomic E-state index is 0.133. The molecule has 0 saturated heterocycles. The highest BCUT2D eigenvalue weighted by Gasteiger charge is 2.13. The van der Waals surface area contributed by atoms with Crippen molar-refractivity contribution >= 4 is 22.9 Å². The van der Waals surface area contributed by atoms with Gasteiger partial charge in [0.1, 0.15) is 11.6 Å². The van der Waals surface area contributed by atoms with Crippen LogP contribution in [0.3, 0.4) is 0 Å². The fourth-order valence-electron chi connectivity index (χ4n) is 2.93. The number of aromatic nitrogens is 3. The van der Waals surface area contributed by atoms with Gasteiger partial charge < -0.3 is 10.1 Å². The van der Waals surface area contributed by atoms with E-state index in [1.807, 2.05) is 61.0 Å². The molecule has 30 heavy (non-hydrogen) atoms. The third-order valence-corrected chi connectivity index (χ3v) is 5.17. The van der Waals surface area contributed by atoms with Crippen LogP contribution >= 0.6 is 11.3 Å². The highest BCUT2D eigenvalue weighted by atomic mass is 32.1. The number of carbonyl (C=O) groups is 1. The van der Waals surface area contributed by atoms with Crippen molar-refractivity contribution in [1.29, 1.82) is 0 Å². The van der Waals surface area contributed by atoms with E-state index in [-0.39, 0.29) is 5.91 Å². The number of anilines is 1. The SMILES string of the molecule is CCc1nccc(-c2cccnc2Oc2ccc(NC(=O)c3ccsc3)cc2C)n1. The van der Waals surface area contributed by atoms with Gasteiger partial charge in [0.25, 0.3) is 5.91 Å². The molecule has 1 amide bonds. The van der Waals surface area contributed by atoms with Crippen molar-refractivity contribution in [3.63, 3.8) is 0 Å². The van der Waals surface area contributed by atoms with Crippen LogP contribution in [0.4, 0.5) is 5.69 Å². The molecule has 150 valence electrons. The second-order valence-corrected chi connectivity index (χ2v) is 7.40. The fourth-order valence-corrected chi connectivity index (χ4v) is 3.57. The normalized spacial score (nSPS) is 10.6. The zero-order chi connectivity index (χ0) is 20.9. The Labute approximate surface area is 178 Å². The Morgan fingerprint density at radius 3 is 2.80 bits per heavy atom. The van der Waals surface area contributed by atoms with Crippen LogP contribution in [0.15, 0.2) is 65.6 Å². The van der Waals surface area contributed by atoms with Crippen molar-refractivity contribution in [1.82, 2.24) is 15.0 Å². The fraction of sp³-hybridized carbons (Fsp3) is 0.130. The lowest BCUT2D eigenvalue weighted by Gasteiger charge is -2.13. The first-order chi connectivity index (χ1) is 14.6. The Morgan fingerprint density at radius 2 is 2.03 bits per heavy atom. The molecule has 0 bridgehead atoms. The van der Waals surface area contributed by atoms with Crippen molar-refractivity contribution in [2.24, 2.45) is 0 Å². The zero-order valence-corrected chi connectivity index (χ0v) is 17.4. The third-order valence-electron chi connectivity index (χ3n) is 4.49. The van der Waals surface area contributed by atoms with E-state index in [9.17, 15) is 4.79 Å². The summed E-state index contributed by atoms with van der Waals surface area (Å²) in [5, 5.41) is 6.60. The van der Waals surface area contributed by atoms with Gasteiger partial charge in [-0.1, -0.05) is 6.92 Å². The van der Waals surface area contributed by atoms with Crippen molar-refractivity contribution in [3.05, 3.63) is 82.6 Å². The van der Waals surface area contributed by atoms with Crippen molar-refractivity contribution in [2.45, 2.75) is 20.3 Å². The summed E-state index contributed by atoms with van der Waals surface area (Å²) in [6.07, 6.45) is 4.18. The minimum Gasteiger partial charge on any atom is -0.438 e. The molecular weight excluding hydrogens is 396 g/mol. The summed E-state index contributed by atoms with van der Waals surface area (Å²) >= 11 is 1.49. The smallest absolute Gasteiger partial charge is 0.256 e. The summed E-state index contributed by atoms with van der Waals surface area (Å²) in [7, 11) is 0. The molecule has 3 aromatic heterocycles. The molecule has 0 aliphatic heterocycles. The number of hydrogen-bond acceptors (Lipinski definition) is 6. The van der Waals surface area contributed by atoms with Gasteiger partial charge in [-0.2, -0.15) is 11.3 Å². The Morgan fingerprint density at radius 1 is 1.13 bits per heavy atom. The Bertz CT molecular complexity index is 1180. The summed E-state index contributed by atoms with van der Waals surface area (Å²) in [6, 6.07) is 12.9. The number of aryl methyl sites for hydroxylation is 2. The maximum atomic E-state index is 12.3. The number of ether oxygens (including phenoxy) is 1. The molecule has 0 fully saturated rings. The molecule has 0 aliphatic carbocycles. The summed E-state index contributed by atoms with van der Waals surface area (Å²) in [5.74, 6) is 1.76. The van der Waals surface area contributed by atoms with E-state index in [1.54, 1.807) is 18.5 Å². The van der Waals surface area contributed by atoms with Crippen LogP contribution in [0.1, 0.15) is 28.7 Å². The minimum atomic E-state index is -0.133. The molecule has 4 rings (SSSR count). The number of benzene rings is 1. The summed E-state index contributed by atoms with van der Waals surface area (Å²) in [6.45, 7) is 3.94. The topological polar surface area (TPSA) is 77.0 Å². The lowest BCUT2D eigenvalue weighted by molar-refractivity contribution is 0.102. The van der Waals surface area contributed by atoms with Gasteiger partial charge in [0.15, 0.2) is 0 Å². The summed E-state index contributed by atoms with van der Waals surface area (Å²) < 4.78 is 6.12. The van der Waals surface area contributed by atoms with Crippen molar-refractivity contribution < 1.29 is 9.53 Å². The van der Waals surface area contributed by atoms with Crippen molar-refractivity contribution in [2.75, 3.05) is 5.32 Å². The summed E-state index contributed by atoms with van der Waals surface area (Å²) in [4.78, 5) is 25.5. The molecule has 0 unspecified atom stereocenters. The molecule has 1 N–H and O–H groups in total. The van der Waals surface area contributed by atoms with E-state index in [2.05, 4.69) is 20.3 Å². The number of rotatable bonds is 6. The highest BCUT2D eigenvalue weighted by molar-refractivity contribution is 7.08. The number of amides is 1. The van der Waals surface area contributed by atoms with Crippen LogP contribution in [-0.4, -0.2) is 20.9 Å². The molecule has 6 nitrogen and oxygen atoms in total. The summed E-state index contributed by atoms with van der Waals surface area (Å²) in [5.41, 5.74) is 3.80. The van der Waals surface area contributed by atoms with Crippen molar-refractivity contribution in [3.8, 4) is 22.9 Å². The van der Waals surface area contributed by atoms with Crippen LogP contribution < -0.4 is 10.1 Å². The first kappa shape index (κ1) is 19.7. The van der Waals surface area contributed by atoms with Crippen LogP contribution in [0, 0.1) is 6.92 Å². The van der Waals surface area contributed by atoms with Gasteiger partial charge in [-0.05, 0) is 60.3 Å². The van der Waals surface area contributed by atoms with Gasteiger partial charge in [0.05, 0.1) is 16.8 Å². The number of nitrogens with zero attached hydrogens (tertiary/aromatic N) is 3. The standard InChI is InChI=1S/C23H20N4O2S/c1-3-21-24-11-8-19(27-21)18-5-4-10-25-23(18)29-20-7-6-17(13-15(20)2)26-22(28)16-9-12-30-14-16/h4-14H,3H2,1-2H3,(H,26,28). The largest absolute Gasteiger partial charge is 0.438 e. The van der Waals surface area contributed by atoms with Crippen LogP contribution in [0.25, 0.3) is 11.3 Å². The van der Waals surface area contributed by atoms with Gasteiger partial charge >= 0.3 is 0 Å². The van der Waals surface area contributed by atoms with Gasteiger partial charge in [-0.25, -0.2) is 15.0 Å². The van der Waals surface area contributed by atoms with E-state index < -0.39 is 0 Å². The number of thiophene rings is 1. The molecule has 4 aromatic rings. The first-order valence-electron chi connectivity index (χ1n) is 9.53. The molecule has 0 saturated carbocycles. The molecule has 0 atom stereocenters. The molecule has 0 aliphatic rings. The lowest BCUT2D eigenvalue weighted by atomic mass is 10.1. The quantitative estimate of drug-likeness (QED) is 0.448. The number of carbonyl (C=O) groups excluding carboxylic acids is 1. The first-order valence-corrected chi connectivity index (χ1v) is 10.5. The number of hydrogen-bond donors (Lipinski definition) is 1. The van der Waals surface area contributed by atoms with Crippen LogP contribution in [0.2, 0.25) is 0 Å². The monoisotopic (exact) mass is 416 g/mol. The number of pyridine rings is 1. The van der Waals surface area contributed by atoms with Crippen LogP contribution in [-0.2, 0) is 6.42 Å². The Kier molecular flexibility index (Phi) is 5.81. The van der Waals surface area contributed by atoms with Gasteiger partial charge in [-0.15, -0.1) is 0 Å². The number of nitrogens with one attached hydrogen (secondary N) is 1. The molecule has 3 heterocycles. The van der Waals surface area contributed by atoms with E-state index >= 15 is 0 Å². The predicted octanol–water partition coefficient (Wildman–Crippen LogP) is 5.52. The second kappa shape index (κ2) is 8.84. The van der Waals surface area contributed by atoms with Crippen LogP contribution in [0.5, 0.6) is 11.6 Å². The molecule has 7 heteroatoms. The predicted molar refractivity (Wildman–Crippen MR) is 118 cm³/mol. The zero-order valence-electron chi connectivity index (χ0n) is 16.6.